The quantitative estimate of drug-likeness (QED) is 0.788. The number of hydrogen-bond acceptors (Lipinski definition) is 6. The van der Waals surface area contributed by atoms with Crippen molar-refractivity contribution >= 4 is 23.2 Å². The van der Waals surface area contributed by atoms with Gasteiger partial charge in [0.15, 0.2) is 0 Å². The molecule has 0 radical (unpaired) electrons. The van der Waals surface area contributed by atoms with Crippen molar-refractivity contribution in [3.05, 3.63) is 34.5 Å². The zero-order valence-electron chi connectivity index (χ0n) is 14.9. The molecule has 1 aliphatic heterocycles. The number of thiophene rings is 1. The summed E-state index contributed by atoms with van der Waals surface area (Å²) in [4.78, 5) is 32.3. The average Bonchev–Trinajstić information content (AvgIpc) is 3.34. The van der Waals surface area contributed by atoms with E-state index in [-0.39, 0.29) is 31.0 Å². The zero-order valence-corrected chi connectivity index (χ0v) is 15.7. The number of aliphatic hydroxyl groups is 1. The maximum atomic E-state index is 12.6. The third kappa shape index (κ3) is 4.10. The van der Waals surface area contributed by atoms with Crippen LogP contribution >= 0.6 is 11.3 Å². The molecule has 9 heteroatoms. The topological polar surface area (TPSA) is 100 Å². The van der Waals surface area contributed by atoms with Crippen LogP contribution < -0.4 is 5.32 Å². The first-order valence-electron chi connectivity index (χ1n) is 8.54. The Morgan fingerprint density at radius 2 is 2.23 bits per heavy atom. The summed E-state index contributed by atoms with van der Waals surface area (Å²) in [5, 5.41) is 16.1. The first kappa shape index (κ1) is 18.5. The molecule has 8 nitrogen and oxygen atoms in total. The van der Waals surface area contributed by atoms with E-state index in [0.717, 1.165) is 17.7 Å². The number of aromatic nitrogens is 3. The van der Waals surface area contributed by atoms with Gasteiger partial charge in [0.2, 0.25) is 5.91 Å². The van der Waals surface area contributed by atoms with Crippen LogP contribution in [0, 0.1) is 0 Å². The number of nitrogens with one attached hydrogen (secondary N) is 1. The summed E-state index contributed by atoms with van der Waals surface area (Å²) in [6.07, 6.45) is 4.75. The van der Waals surface area contributed by atoms with Crippen LogP contribution in [0.15, 0.2) is 24.8 Å². The molecule has 1 unspecified atom stereocenters. The van der Waals surface area contributed by atoms with Crippen molar-refractivity contribution in [1.82, 2.24) is 25.0 Å². The lowest BCUT2D eigenvalue weighted by atomic mass is 10.1. The Bertz CT molecular complexity index is 771. The molecule has 0 aromatic carbocycles. The minimum absolute atomic E-state index is 0.00110. The molecule has 2 N–H and O–H groups in total. The molecule has 1 atom stereocenters. The van der Waals surface area contributed by atoms with E-state index >= 15 is 0 Å². The van der Waals surface area contributed by atoms with Gasteiger partial charge in [0, 0.05) is 11.4 Å². The Balaban J connectivity index is 1.69. The molecule has 3 heterocycles. The molecule has 2 aromatic heterocycles. The molecule has 0 saturated carbocycles. The van der Waals surface area contributed by atoms with E-state index in [1.165, 1.54) is 28.7 Å². The lowest BCUT2D eigenvalue weighted by Gasteiger charge is -2.24. The van der Waals surface area contributed by atoms with Crippen LogP contribution in [0.2, 0.25) is 0 Å². The van der Waals surface area contributed by atoms with E-state index in [1.807, 2.05) is 11.0 Å². The van der Waals surface area contributed by atoms with Crippen LogP contribution in [0.3, 0.4) is 0 Å². The summed E-state index contributed by atoms with van der Waals surface area (Å²) < 4.78 is 1.52. The van der Waals surface area contributed by atoms with Gasteiger partial charge in [-0.15, -0.1) is 11.3 Å². The van der Waals surface area contributed by atoms with Crippen molar-refractivity contribution in [1.29, 1.82) is 0 Å². The SMILES string of the molecule is CC(C)(CO)NC(=O)c1ccc(C2CCCN2C(=O)Cn2cncn2)s1. The lowest BCUT2D eigenvalue weighted by molar-refractivity contribution is -0.132. The number of carbonyl (C=O) groups is 2. The molecule has 0 bridgehead atoms. The highest BCUT2D eigenvalue weighted by molar-refractivity contribution is 7.14. The molecule has 1 fully saturated rings. The van der Waals surface area contributed by atoms with Gasteiger partial charge in [0.05, 0.1) is 23.1 Å². The third-order valence-corrected chi connectivity index (χ3v) is 5.55. The van der Waals surface area contributed by atoms with Crippen LogP contribution in [-0.4, -0.2) is 55.3 Å². The Morgan fingerprint density at radius 1 is 1.42 bits per heavy atom. The number of likely N-dealkylation sites (tertiary alicyclic amines) is 1. The Labute approximate surface area is 155 Å². The molecule has 1 saturated heterocycles. The molecule has 2 amide bonds. The van der Waals surface area contributed by atoms with Crippen molar-refractivity contribution in [2.75, 3.05) is 13.2 Å². The lowest BCUT2D eigenvalue weighted by Crippen LogP contribution is -2.46. The summed E-state index contributed by atoms with van der Waals surface area (Å²) in [7, 11) is 0. The maximum absolute atomic E-state index is 12.6. The van der Waals surface area contributed by atoms with Gasteiger partial charge in [0.25, 0.3) is 5.91 Å². The van der Waals surface area contributed by atoms with Crippen molar-refractivity contribution in [2.24, 2.45) is 0 Å². The molecule has 140 valence electrons. The first-order valence-corrected chi connectivity index (χ1v) is 9.36. The van der Waals surface area contributed by atoms with Gasteiger partial charge in [-0.2, -0.15) is 5.10 Å². The van der Waals surface area contributed by atoms with Crippen LogP contribution in [0.1, 0.15) is 47.3 Å². The molecule has 26 heavy (non-hydrogen) atoms. The molecule has 1 aliphatic rings. The van der Waals surface area contributed by atoms with Crippen molar-refractivity contribution < 1.29 is 14.7 Å². The van der Waals surface area contributed by atoms with Crippen molar-refractivity contribution in [2.45, 2.75) is 44.8 Å². The number of amides is 2. The first-order chi connectivity index (χ1) is 12.4. The normalized spacial score (nSPS) is 17.5. The number of carbonyl (C=O) groups excluding carboxylic acids is 2. The van der Waals surface area contributed by atoms with Gasteiger partial charge >= 0.3 is 0 Å². The molecule has 2 aromatic rings. The number of hydrogen-bond donors (Lipinski definition) is 2. The molecule has 0 spiro atoms. The Hall–Kier alpha value is -2.26. The van der Waals surface area contributed by atoms with Gasteiger partial charge in [-0.1, -0.05) is 0 Å². The van der Waals surface area contributed by atoms with E-state index in [4.69, 9.17) is 0 Å². The van der Waals surface area contributed by atoms with Crippen LogP contribution in [-0.2, 0) is 11.3 Å². The standard InChI is InChI=1S/C17H23N5O3S/c1-17(2,9-23)20-16(25)14-6-5-13(26-14)12-4-3-7-22(12)15(24)8-21-11-18-10-19-21/h5-6,10-12,23H,3-4,7-9H2,1-2H3,(H,20,25). The van der Waals surface area contributed by atoms with Gasteiger partial charge in [-0.25, -0.2) is 9.67 Å². The Kier molecular flexibility index (Phi) is 5.38. The second-order valence-corrected chi connectivity index (χ2v) is 8.15. The van der Waals surface area contributed by atoms with E-state index in [9.17, 15) is 14.7 Å². The third-order valence-electron chi connectivity index (χ3n) is 4.36. The smallest absolute Gasteiger partial charge is 0.261 e. The van der Waals surface area contributed by atoms with Gasteiger partial charge in [-0.05, 0) is 38.8 Å². The highest BCUT2D eigenvalue weighted by Gasteiger charge is 2.32. The molecular formula is C17H23N5O3S. The fourth-order valence-corrected chi connectivity index (χ4v) is 4.02. The van der Waals surface area contributed by atoms with Gasteiger partial charge < -0.3 is 15.3 Å². The fourth-order valence-electron chi connectivity index (χ4n) is 2.97. The second kappa shape index (κ2) is 7.55. The monoisotopic (exact) mass is 377 g/mol. The summed E-state index contributed by atoms with van der Waals surface area (Å²) in [6.45, 7) is 4.26. The van der Waals surface area contributed by atoms with Crippen LogP contribution in [0.25, 0.3) is 0 Å². The van der Waals surface area contributed by atoms with Crippen LogP contribution in [0.5, 0.6) is 0 Å². The predicted molar refractivity (Wildman–Crippen MR) is 96.7 cm³/mol. The maximum Gasteiger partial charge on any atom is 0.261 e. The van der Waals surface area contributed by atoms with E-state index in [0.29, 0.717) is 11.4 Å². The molecular weight excluding hydrogens is 354 g/mol. The van der Waals surface area contributed by atoms with Crippen LogP contribution in [0.4, 0.5) is 0 Å². The summed E-state index contributed by atoms with van der Waals surface area (Å²) in [5.74, 6) is -0.211. The number of aliphatic hydroxyl groups excluding tert-OH is 1. The zero-order chi connectivity index (χ0) is 18.7. The van der Waals surface area contributed by atoms with Gasteiger partial charge in [-0.3, -0.25) is 9.59 Å². The fraction of sp³-hybridized carbons (Fsp3) is 0.529. The molecule has 0 aliphatic carbocycles. The average molecular weight is 377 g/mol. The van der Waals surface area contributed by atoms with E-state index in [2.05, 4.69) is 15.4 Å². The minimum atomic E-state index is -0.672. The number of rotatable bonds is 6. The highest BCUT2D eigenvalue weighted by Crippen LogP contribution is 2.36. The highest BCUT2D eigenvalue weighted by atomic mass is 32.1. The van der Waals surface area contributed by atoms with E-state index < -0.39 is 5.54 Å². The van der Waals surface area contributed by atoms with Crippen molar-refractivity contribution in [3.8, 4) is 0 Å². The largest absolute Gasteiger partial charge is 0.394 e. The predicted octanol–water partition coefficient (Wildman–Crippen LogP) is 1.20. The summed E-state index contributed by atoms with van der Waals surface area (Å²) >= 11 is 1.40. The summed E-state index contributed by atoms with van der Waals surface area (Å²) in [5.41, 5.74) is -0.672. The minimum Gasteiger partial charge on any atom is -0.394 e. The van der Waals surface area contributed by atoms with E-state index in [1.54, 1.807) is 19.9 Å². The van der Waals surface area contributed by atoms with Crippen molar-refractivity contribution in [3.63, 3.8) is 0 Å². The second-order valence-electron chi connectivity index (χ2n) is 7.04. The summed E-state index contributed by atoms with van der Waals surface area (Å²) in [6, 6.07) is 3.68. The van der Waals surface area contributed by atoms with Gasteiger partial charge in [0.1, 0.15) is 19.2 Å². The Morgan fingerprint density at radius 3 is 2.92 bits per heavy atom. The molecule has 3 rings (SSSR count). The number of nitrogens with zero attached hydrogens (tertiary/aromatic N) is 4.